The maximum absolute atomic E-state index is 12.7. The van der Waals surface area contributed by atoms with Crippen molar-refractivity contribution in [2.45, 2.75) is 30.2 Å². The Kier molecular flexibility index (Phi) is 6.25. The molecule has 2 saturated heterocycles. The molecular weight excluding hydrogens is 350 g/mol. The Bertz CT molecular complexity index is 668. The molecule has 3 rings (SSSR count). The van der Waals surface area contributed by atoms with Gasteiger partial charge in [0, 0.05) is 32.2 Å². The van der Waals surface area contributed by atoms with Gasteiger partial charge < -0.3 is 10.6 Å². The van der Waals surface area contributed by atoms with E-state index < -0.39 is 10.0 Å². The lowest BCUT2D eigenvalue weighted by atomic mass is 9.98. The predicted molar refractivity (Wildman–Crippen MR) is 94.3 cm³/mol. The topological polar surface area (TPSA) is 83.7 Å². The van der Waals surface area contributed by atoms with Crippen LogP contribution in [-0.4, -0.2) is 55.8 Å². The van der Waals surface area contributed by atoms with Gasteiger partial charge in [0.1, 0.15) is 0 Å². The van der Waals surface area contributed by atoms with E-state index in [0.29, 0.717) is 26.1 Å². The number of carbonyl (C=O) groups is 1. The molecule has 8 heteroatoms. The van der Waals surface area contributed by atoms with Crippen LogP contribution in [-0.2, 0) is 14.8 Å². The molecule has 2 N–H and O–H groups in total. The first-order chi connectivity index (χ1) is 11.0. The highest BCUT2D eigenvalue weighted by molar-refractivity contribution is 7.89. The Balaban J connectivity index is 0.00000208. The van der Waals surface area contributed by atoms with Crippen molar-refractivity contribution in [1.29, 1.82) is 0 Å². The van der Waals surface area contributed by atoms with Crippen LogP contribution in [0.15, 0.2) is 35.2 Å². The van der Waals surface area contributed by atoms with Crippen LogP contribution >= 0.6 is 12.4 Å². The van der Waals surface area contributed by atoms with E-state index in [1.807, 2.05) is 0 Å². The number of benzene rings is 1. The fourth-order valence-corrected chi connectivity index (χ4v) is 4.89. The van der Waals surface area contributed by atoms with Crippen LogP contribution in [0.5, 0.6) is 0 Å². The van der Waals surface area contributed by atoms with Crippen molar-refractivity contribution in [2.24, 2.45) is 11.7 Å². The Morgan fingerprint density at radius 3 is 2.42 bits per heavy atom. The van der Waals surface area contributed by atoms with Crippen LogP contribution in [0.2, 0.25) is 0 Å². The number of carbonyl (C=O) groups excluding carboxylic acids is 1. The van der Waals surface area contributed by atoms with Gasteiger partial charge >= 0.3 is 0 Å². The molecule has 1 aromatic rings. The van der Waals surface area contributed by atoms with E-state index in [1.165, 1.54) is 4.31 Å². The second-order valence-corrected chi connectivity index (χ2v) is 8.29. The number of nitrogens with two attached hydrogens (primary N) is 1. The summed E-state index contributed by atoms with van der Waals surface area (Å²) in [6.07, 6.45) is 2.28. The zero-order chi connectivity index (χ0) is 16.4. The van der Waals surface area contributed by atoms with Gasteiger partial charge in [-0.1, -0.05) is 18.2 Å². The zero-order valence-electron chi connectivity index (χ0n) is 13.5. The summed E-state index contributed by atoms with van der Waals surface area (Å²) in [5.41, 5.74) is 5.86. The summed E-state index contributed by atoms with van der Waals surface area (Å²) in [5, 5.41) is 0. The summed E-state index contributed by atoms with van der Waals surface area (Å²) in [5.74, 6) is -0.210. The first-order valence-corrected chi connectivity index (χ1v) is 9.52. The molecule has 6 nitrogen and oxygen atoms in total. The van der Waals surface area contributed by atoms with E-state index in [9.17, 15) is 13.2 Å². The van der Waals surface area contributed by atoms with Gasteiger partial charge in [-0.3, -0.25) is 4.79 Å². The van der Waals surface area contributed by atoms with Gasteiger partial charge in [-0.25, -0.2) is 8.42 Å². The van der Waals surface area contributed by atoms with Gasteiger partial charge in [-0.05, 0) is 31.4 Å². The number of rotatable bonds is 3. The number of hydrogen-bond acceptors (Lipinski definition) is 4. The average molecular weight is 374 g/mol. The van der Waals surface area contributed by atoms with Gasteiger partial charge in [-0.2, -0.15) is 4.31 Å². The molecule has 2 fully saturated rings. The van der Waals surface area contributed by atoms with Gasteiger partial charge in [0.2, 0.25) is 15.9 Å². The molecule has 2 heterocycles. The van der Waals surface area contributed by atoms with E-state index >= 15 is 0 Å². The van der Waals surface area contributed by atoms with E-state index in [4.69, 9.17) is 5.73 Å². The smallest absolute Gasteiger partial charge is 0.243 e. The number of sulfonamides is 1. The molecule has 0 aromatic heterocycles. The maximum atomic E-state index is 12.7. The largest absolute Gasteiger partial charge is 0.341 e. The summed E-state index contributed by atoms with van der Waals surface area (Å²) in [7, 11) is -3.52. The summed E-state index contributed by atoms with van der Waals surface area (Å²) in [4.78, 5) is 14.7. The number of nitrogens with zero attached hydrogens (tertiary/aromatic N) is 2. The van der Waals surface area contributed by atoms with Crippen LogP contribution in [0.25, 0.3) is 0 Å². The third-order valence-corrected chi connectivity index (χ3v) is 6.53. The Morgan fingerprint density at radius 2 is 1.79 bits per heavy atom. The van der Waals surface area contributed by atoms with Gasteiger partial charge in [-0.15, -0.1) is 12.4 Å². The van der Waals surface area contributed by atoms with E-state index in [2.05, 4.69) is 0 Å². The molecule has 2 aliphatic rings. The first-order valence-electron chi connectivity index (χ1n) is 8.08. The highest BCUT2D eigenvalue weighted by Gasteiger charge is 2.36. The Labute approximate surface area is 149 Å². The third kappa shape index (κ3) is 3.91. The molecule has 0 radical (unpaired) electrons. The number of piperidine rings is 1. The lowest BCUT2D eigenvalue weighted by Gasteiger charge is -2.33. The molecule has 0 spiro atoms. The molecule has 1 aromatic carbocycles. The SMILES string of the molecule is Cl.N[C@@H]1CCN(C(=O)C2CCCN(S(=O)(=O)c3ccccc3)C2)C1. The first kappa shape index (κ1) is 19.2. The standard InChI is InChI=1S/C16H23N3O3S.ClH/c17-14-8-10-18(12-14)16(20)13-5-4-9-19(11-13)23(21,22)15-6-2-1-3-7-15;/h1-3,6-7,13-14H,4-5,8-12,17H2;1H/t13?,14-;/m1./s1. The molecule has 2 aliphatic heterocycles. The van der Waals surface area contributed by atoms with Crippen LogP contribution in [0.4, 0.5) is 0 Å². The fraction of sp³-hybridized carbons (Fsp3) is 0.562. The summed E-state index contributed by atoms with van der Waals surface area (Å²) in [6, 6.07) is 8.46. The zero-order valence-corrected chi connectivity index (χ0v) is 15.1. The van der Waals surface area contributed by atoms with Crippen molar-refractivity contribution in [1.82, 2.24) is 9.21 Å². The minimum Gasteiger partial charge on any atom is -0.341 e. The monoisotopic (exact) mass is 373 g/mol. The van der Waals surface area contributed by atoms with Crippen molar-refractivity contribution < 1.29 is 13.2 Å². The van der Waals surface area contributed by atoms with E-state index in [1.54, 1.807) is 35.2 Å². The van der Waals surface area contributed by atoms with E-state index in [-0.39, 0.29) is 41.7 Å². The maximum Gasteiger partial charge on any atom is 0.243 e. The quantitative estimate of drug-likeness (QED) is 0.858. The van der Waals surface area contributed by atoms with Crippen molar-refractivity contribution >= 4 is 28.3 Å². The van der Waals surface area contributed by atoms with Crippen LogP contribution in [0.1, 0.15) is 19.3 Å². The molecule has 0 aliphatic carbocycles. The summed E-state index contributed by atoms with van der Waals surface area (Å²) in [6.45, 7) is 2.00. The van der Waals surface area contributed by atoms with Crippen molar-refractivity contribution in [3.05, 3.63) is 30.3 Å². The molecule has 0 saturated carbocycles. The minimum absolute atomic E-state index is 0. The second-order valence-electron chi connectivity index (χ2n) is 6.35. The highest BCUT2D eigenvalue weighted by atomic mass is 35.5. The molecule has 134 valence electrons. The Morgan fingerprint density at radius 1 is 1.08 bits per heavy atom. The fourth-order valence-electron chi connectivity index (χ4n) is 3.35. The summed E-state index contributed by atoms with van der Waals surface area (Å²) < 4.78 is 26.9. The Hall–Kier alpha value is -1.15. The average Bonchev–Trinajstić information content (AvgIpc) is 3.01. The van der Waals surface area contributed by atoms with Crippen LogP contribution in [0.3, 0.4) is 0 Å². The molecule has 1 amide bonds. The molecular formula is C16H24ClN3O3S. The minimum atomic E-state index is -3.52. The summed E-state index contributed by atoms with van der Waals surface area (Å²) >= 11 is 0. The van der Waals surface area contributed by atoms with Crippen molar-refractivity contribution in [2.75, 3.05) is 26.2 Å². The molecule has 1 unspecified atom stereocenters. The second kappa shape index (κ2) is 7.82. The number of hydrogen-bond donors (Lipinski definition) is 1. The van der Waals surface area contributed by atoms with Crippen molar-refractivity contribution in [3.63, 3.8) is 0 Å². The predicted octanol–water partition coefficient (Wildman–Crippen LogP) is 1.07. The number of likely N-dealkylation sites (tertiary alicyclic amines) is 1. The van der Waals surface area contributed by atoms with Crippen LogP contribution < -0.4 is 5.73 Å². The van der Waals surface area contributed by atoms with E-state index in [0.717, 1.165) is 12.8 Å². The van der Waals surface area contributed by atoms with Gasteiger partial charge in [0.15, 0.2) is 0 Å². The third-order valence-electron chi connectivity index (χ3n) is 4.65. The normalized spacial score (nSPS) is 25.3. The van der Waals surface area contributed by atoms with Gasteiger partial charge in [0.25, 0.3) is 0 Å². The molecule has 2 atom stereocenters. The van der Waals surface area contributed by atoms with Crippen molar-refractivity contribution in [3.8, 4) is 0 Å². The highest BCUT2D eigenvalue weighted by Crippen LogP contribution is 2.25. The number of halogens is 1. The lowest BCUT2D eigenvalue weighted by Crippen LogP contribution is -2.46. The van der Waals surface area contributed by atoms with Gasteiger partial charge in [0.05, 0.1) is 10.8 Å². The lowest BCUT2D eigenvalue weighted by molar-refractivity contribution is -0.135. The number of amides is 1. The molecule has 0 bridgehead atoms. The molecule has 24 heavy (non-hydrogen) atoms. The van der Waals surface area contributed by atoms with Crippen LogP contribution in [0, 0.1) is 5.92 Å².